The molecule has 0 spiro atoms. The van der Waals surface area contributed by atoms with Gasteiger partial charge in [0.25, 0.3) is 0 Å². The molecule has 0 fully saturated rings. The van der Waals surface area contributed by atoms with Crippen LogP contribution in [0, 0.1) is 0 Å². The van der Waals surface area contributed by atoms with Gasteiger partial charge in [-0.05, 0) is 24.5 Å². The second-order valence-electron chi connectivity index (χ2n) is 3.56. The van der Waals surface area contributed by atoms with Gasteiger partial charge in [0, 0.05) is 17.5 Å². The summed E-state index contributed by atoms with van der Waals surface area (Å²) in [5.74, 6) is 1.12. The molecule has 0 saturated heterocycles. The largest absolute Gasteiger partial charge is 0.496 e. The molecule has 2 nitrogen and oxygen atoms in total. The molecule has 1 aromatic carbocycles. The molecular formula is C12H14O2. The Balaban J connectivity index is 2.63. The fourth-order valence-electron chi connectivity index (χ4n) is 2.15. The smallest absolute Gasteiger partial charge is 0.163 e. The van der Waals surface area contributed by atoms with Gasteiger partial charge in [-0.25, -0.2) is 0 Å². The minimum Gasteiger partial charge on any atom is -0.496 e. The van der Waals surface area contributed by atoms with E-state index in [1.54, 1.807) is 7.11 Å². The van der Waals surface area contributed by atoms with Crippen LogP contribution in [0.1, 0.15) is 34.8 Å². The zero-order valence-electron chi connectivity index (χ0n) is 8.59. The SMILES string of the molecule is CCc1c(OC)ccc2c1C(=O)CC2. The van der Waals surface area contributed by atoms with E-state index in [1.165, 1.54) is 5.56 Å². The Bertz CT molecular complexity index is 380. The first-order chi connectivity index (χ1) is 6.77. The van der Waals surface area contributed by atoms with Crippen LogP contribution < -0.4 is 4.74 Å². The molecule has 1 aromatic rings. The molecule has 0 radical (unpaired) electrons. The highest BCUT2D eigenvalue weighted by molar-refractivity contribution is 6.02. The zero-order chi connectivity index (χ0) is 10.1. The van der Waals surface area contributed by atoms with Gasteiger partial charge in [0.05, 0.1) is 7.11 Å². The summed E-state index contributed by atoms with van der Waals surface area (Å²) in [6.07, 6.45) is 2.42. The first kappa shape index (κ1) is 9.25. The number of hydrogen-bond acceptors (Lipinski definition) is 2. The standard InChI is InChI=1S/C12H14O2/c1-3-9-11(14-2)7-5-8-4-6-10(13)12(8)9/h5,7H,3-4,6H2,1-2H3. The minimum atomic E-state index is 0.274. The Morgan fingerprint density at radius 2 is 2.14 bits per heavy atom. The monoisotopic (exact) mass is 190 g/mol. The Hall–Kier alpha value is -1.31. The number of aryl methyl sites for hydroxylation is 1. The Labute approximate surface area is 83.9 Å². The average molecular weight is 190 g/mol. The van der Waals surface area contributed by atoms with E-state index in [2.05, 4.69) is 6.92 Å². The third-order valence-corrected chi connectivity index (χ3v) is 2.83. The number of Topliss-reactive ketones (excluding diaryl/α,β-unsaturated/α-hetero) is 1. The molecule has 0 amide bonds. The molecule has 0 saturated carbocycles. The van der Waals surface area contributed by atoms with Gasteiger partial charge >= 0.3 is 0 Å². The summed E-state index contributed by atoms with van der Waals surface area (Å²) in [6.45, 7) is 2.06. The molecule has 0 N–H and O–H groups in total. The molecule has 0 aliphatic heterocycles. The summed E-state index contributed by atoms with van der Waals surface area (Å²) < 4.78 is 5.26. The summed E-state index contributed by atoms with van der Waals surface area (Å²) in [4.78, 5) is 11.7. The molecule has 1 aliphatic carbocycles. The number of hydrogen-bond donors (Lipinski definition) is 0. The number of ketones is 1. The average Bonchev–Trinajstić information content (AvgIpc) is 2.59. The number of carbonyl (C=O) groups excluding carboxylic acids is 1. The van der Waals surface area contributed by atoms with Crippen molar-refractivity contribution in [2.75, 3.05) is 7.11 Å². The van der Waals surface area contributed by atoms with E-state index in [4.69, 9.17) is 4.74 Å². The highest BCUT2D eigenvalue weighted by atomic mass is 16.5. The lowest BCUT2D eigenvalue weighted by Gasteiger charge is -2.10. The van der Waals surface area contributed by atoms with Gasteiger partial charge in [0.1, 0.15) is 5.75 Å². The van der Waals surface area contributed by atoms with Crippen molar-refractivity contribution in [1.29, 1.82) is 0 Å². The highest BCUT2D eigenvalue weighted by Crippen LogP contribution is 2.31. The quantitative estimate of drug-likeness (QED) is 0.715. The van der Waals surface area contributed by atoms with Gasteiger partial charge in [-0.3, -0.25) is 4.79 Å². The van der Waals surface area contributed by atoms with Crippen LogP contribution in [0.25, 0.3) is 0 Å². The molecule has 2 rings (SSSR count). The van der Waals surface area contributed by atoms with Crippen molar-refractivity contribution in [3.63, 3.8) is 0 Å². The topological polar surface area (TPSA) is 26.3 Å². The lowest BCUT2D eigenvalue weighted by atomic mass is 10.00. The Morgan fingerprint density at radius 3 is 2.79 bits per heavy atom. The maximum atomic E-state index is 11.7. The molecule has 74 valence electrons. The van der Waals surface area contributed by atoms with Gasteiger partial charge in [0.15, 0.2) is 5.78 Å². The number of rotatable bonds is 2. The maximum absolute atomic E-state index is 11.7. The summed E-state index contributed by atoms with van der Waals surface area (Å²) in [7, 11) is 1.65. The summed E-state index contributed by atoms with van der Waals surface area (Å²) in [5.41, 5.74) is 3.19. The third-order valence-electron chi connectivity index (χ3n) is 2.83. The molecular weight excluding hydrogens is 176 g/mol. The van der Waals surface area contributed by atoms with Gasteiger partial charge < -0.3 is 4.74 Å². The van der Waals surface area contributed by atoms with Crippen molar-refractivity contribution in [2.45, 2.75) is 26.2 Å². The lowest BCUT2D eigenvalue weighted by Crippen LogP contribution is -2.01. The first-order valence-electron chi connectivity index (χ1n) is 4.99. The van der Waals surface area contributed by atoms with Crippen molar-refractivity contribution in [2.24, 2.45) is 0 Å². The third kappa shape index (κ3) is 1.22. The van der Waals surface area contributed by atoms with Crippen LogP contribution in [-0.2, 0) is 12.8 Å². The van der Waals surface area contributed by atoms with E-state index in [1.807, 2.05) is 12.1 Å². The molecule has 2 heteroatoms. The van der Waals surface area contributed by atoms with Crippen LogP contribution in [0.5, 0.6) is 5.75 Å². The van der Waals surface area contributed by atoms with Crippen molar-refractivity contribution in [3.8, 4) is 5.75 Å². The number of carbonyl (C=O) groups is 1. The van der Waals surface area contributed by atoms with Crippen LogP contribution in [-0.4, -0.2) is 12.9 Å². The van der Waals surface area contributed by atoms with Crippen LogP contribution in [0.15, 0.2) is 12.1 Å². The Morgan fingerprint density at radius 1 is 1.36 bits per heavy atom. The summed E-state index contributed by atoms with van der Waals surface area (Å²) >= 11 is 0. The van der Waals surface area contributed by atoms with Crippen LogP contribution in [0.3, 0.4) is 0 Å². The molecule has 0 atom stereocenters. The minimum absolute atomic E-state index is 0.274. The fraction of sp³-hybridized carbons (Fsp3) is 0.417. The molecule has 0 heterocycles. The summed E-state index contributed by atoms with van der Waals surface area (Å²) in [6, 6.07) is 3.98. The van der Waals surface area contributed by atoms with E-state index in [0.29, 0.717) is 6.42 Å². The second-order valence-corrected chi connectivity index (χ2v) is 3.56. The van der Waals surface area contributed by atoms with E-state index < -0.39 is 0 Å². The van der Waals surface area contributed by atoms with Crippen LogP contribution in [0.4, 0.5) is 0 Å². The van der Waals surface area contributed by atoms with Crippen molar-refractivity contribution < 1.29 is 9.53 Å². The van der Waals surface area contributed by atoms with Gasteiger partial charge in [-0.1, -0.05) is 13.0 Å². The van der Waals surface area contributed by atoms with Gasteiger partial charge in [-0.2, -0.15) is 0 Å². The molecule has 1 aliphatic rings. The number of ether oxygens (including phenoxy) is 1. The lowest BCUT2D eigenvalue weighted by molar-refractivity contribution is 0.0993. The molecule has 0 aromatic heterocycles. The van der Waals surface area contributed by atoms with E-state index in [9.17, 15) is 4.79 Å². The second kappa shape index (κ2) is 3.45. The zero-order valence-corrected chi connectivity index (χ0v) is 8.59. The molecule has 0 unspecified atom stereocenters. The van der Waals surface area contributed by atoms with Crippen LogP contribution >= 0.6 is 0 Å². The first-order valence-corrected chi connectivity index (χ1v) is 4.99. The molecule has 0 bridgehead atoms. The van der Waals surface area contributed by atoms with Gasteiger partial charge in [0.2, 0.25) is 0 Å². The van der Waals surface area contributed by atoms with Crippen molar-refractivity contribution >= 4 is 5.78 Å². The Kier molecular flexibility index (Phi) is 2.28. The number of benzene rings is 1. The number of methoxy groups -OCH3 is 1. The predicted octanol–water partition coefficient (Wildman–Crippen LogP) is 2.39. The normalized spacial score (nSPS) is 14.3. The maximum Gasteiger partial charge on any atom is 0.163 e. The predicted molar refractivity (Wildman–Crippen MR) is 55.0 cm³/mol. The summed E-state index contributed by atoms with van der Waals surface area (Å²) in [5, 5.41) is 0. The number of fused-ring (bicyclic) bond motifs is 1. The van der Waals surface area contributed by atoms with Gasteiger partial charge in [-0.15, -0.1) is 0 Å². The van der Waals surface area contributed by atoms with Crippen molar-refractivity contribution in [1.82, 2.24) is 0 Å². The van der Waals surface area contributed by atoms with E-state index >= 15 is 0 Å². The molecule has 14 heavy (non-hydrogen) atoms. The van der Waals surface area contributed by atoms with E-state index in [0.717, 1.165) is 29.7 Å². The van der Waals surface area contributed by atoms with Crippen molar-refractivity contribution in [3.05, 3.63) is 28.8 Å². The fourth-order valence-corrected chi connectivity index (χ4v) is 2.15. The highest BCUT2D eigenvalue weighted by Gasteiger charge is 2.24. The van der Waals surface area contributed by atoms with E-state index in [-0.39, 0.29) is 5.78 Å². The van der Waals surface area contributed by atoms with Crippen LogP contribution in [0.2, 0.25) is 0 Å².